The molecule has 2 amide bonds. The molecule has 41 heavy (non-hydrogen) atoms. The molecule has 1 aromatic carbocycles. The summed E-state index contributed by atoms with van der Waals surface area (Å²) in [4.78, 5) is 28.5. The van der Waals surface area contributed by atoms with Gasteiger partial charge < -0.3 is 15.4 Å². The normalized spacial score (nSPS) is 12.1. The number of aromatic nitrogens is 6. The molecule has 216 valence electrons. The van der Waals surface area contributed by atoms with E-state index in [1.165, 1.54) is 6.20 Å². The van der Waals surface area contributed by atoms with Crippen LogP contribution in [0.1, 0.15) is 33.2 Å². The zero-order valence-electron chi connectivity index (χ0n) is 20.9. The number of hydrogen-bond acceptors (Lipinski definition) is 9. The minimum absolute atomic E-state index is 0.0491. The highest BCUT2D eigenvalue weighted by Crippen LogP contribution is 2.25. The number of carbonyl (C=O) groups is 2. The average molecular weight is 597 g/mol. The molecule has 4 aromatic rings. The largest absolute Gasteiger partial charge is 0.573 e. The lowest BCUT2D eigenvalue weighted by Gasteiger charge is -2.11. The van der Waals surface area contributed by atoms with Crippen LogP contribution >= 0.6 is 11.3 Å². The summed E-state index contributed by atoms with van der Waals surface area (Å²) < 4.78 is 70.5. The second-order valence-electron chi connectivity index (χ2n) is 8.49. The van der Waals surface area contributed by atoms with Crippen molar-refractivity contribution in [2.24, 2.45) is 0 Å². The zero-order chi connectivity index (χ0) is 29.4. The van der Waals surface area contributed by atoms with E-state index in [4.69, 9.17) is 0 Å². The van der Waals surface area contributed by atoms with Crippen molar-refractivity contribution in [3.8, 4) is 5.75 Å². The molecule has 0 aliphatic carbocycles. The van der Waals surface area contributed by atoms with Gasteiger partial charge in [0.1, 0.15) is 22.7 Å². The molecule has 3 aromatic heterocycles. The smallest absolute Gasteiger partial charge is 0.406 e. The van der Waals surface area contributed by atoms with Gasteiger partial charge in [-0.3, -0.25) is 14.6 Å². The van der Waals surface area contributed by atoms with E-state index in [0.29, 0.717) is 10.7 Å². The molecule has 2 N–H and O–H groups in total. The van der Waals surface area contributed by atoms with Gasteiger partial charge in [0, 0.05) is 30.4 Å². The van der Waals surface area contributed by atoms with E-state index in [-0.39, 0.29) is 48.1 Å². The summed E-state index contributed by atoms with van der Waals surface area (Å²) >= 11 is 1.12. The Morgan fingerprint density at radius 3 is 2.71 bits per heavy atom. The van der Waals surface area contributed by atoms with Gasteiger partial charge in [-0.1, -0.05) is 22.6 Å². The van der Waals surface area contributed by atoms with Crippen LogP contribution in [-0.4, -0.2) is 54.5 Å². The molecular formula is C24H21F5N8O3S. The van der Waals surface area contributed by atoms with E-state index in [1.807, 2.05) is 0 Å². The number of alkyl halides is 4. The molecule has 11 nitrogen and oxygen atoms in total. The van der Waals surface area contributed by atoms with Crippen molar-refractivity contribution < 1.29 is 36.3 Å². The lowest BCUT2D eigenvalue weighted by atomic mass is 10.2. The van der Waals surface area contributed by atoms with E-state index in [9.17, 15) is 31.5 Å². The highest BCUT2D eigenvalue weighted by molar-refractivity contribution is 7.15. The fraction of sp³-hybridized carbons (Fsp3) is 0.292. The number of benzene rings is 1. The number of hydrogen-bond donors (Lipinski definition) is 2. The summed E-state index contributed by atoms with van der Waals surface area (Å²) in [6.07, 6.45) is -3.22. The number of anilines is 1. The number of aryl methyl sites for hydroxylation is 1. The number of halogens is 5. The Hall–Kier alpha value is -4.54. The molecule has 0 fully saturated rings. The van der Waals surface area contributed by atoms with Crippen molar-refractivity contribution in [2.45, 2.75) is 44.9 Å². The van der Waals surface area contributed by atoms with Gasteiger partial charge in [-0.05, 0) is 36.8 Å². The number of nitrogens with one attached hydrogen (secondary N) is 2. The predicted molar refractivity (Wildman–Crippen MR) is 134 cm³/mol. The van der Waals surface area contributed by atoms with Crippen LogP contribution in [-0.2, 0) is 30.7 Å². The third-order valence-electron chi connectivity index (χ3n) is 5.30. The molecule has 0 saturated carbocycles. The Bertz CT molecular complexity index is 1480. The van der Waals surface area contributed by atoms with E-state index in [1.54, 1.807) is 24.4 Å². The quantitative estimate of drug-likeness (QED) is 0.237. The van der Waals surface area contributed by atoms with Gasteiger partial charge >= 0.3 is 6.36 Å². The van der Waals surface area contributed by atoms with Crippen LogP contribution in [0.5, 0.6) is 5.75 Å². The second kappa shape index (κ2) is 13.2. The number of rotatable bonds is 12. The van der Waals surface area contributed by atoms with Crippen molar-refractivity contribution in [1.82, 2.24) is 35.5 Å². The van der Waals surface area contributed by atoms with Gasteiger partial charge in [0.15, 0.2) is 5.69 Å². The fourth-order valence-electron chi connectivity index (χ4n) is 3.45. The Morgan fingerprint density at radius 1 is 1.12 bits per heavy atom. The lowest BCUT2D eigenvalue weighted by molar-refractivity contribution is -0.274. The molecule has 0 aliphatic heterocycles. The van der Waals surface area contributed by atoms with Crippen LogP contribution in [0.4, 0.5) is 27.1 Å². The minimum atomic E-state index is -4.95. The lowest BCUT2D eigenvalue weighted by Crippen LogP contribution is -2.24. The third-order valence-corrected chi connectivity index (χ3v) is 6.20. The molecule has 0 radical (unpaired) electrons. The number of pyridine rings is 1. The molecule has 0 aliphatic rings. The van der Waals surface area contributed by atoms with Gasteiger partial charge in [0.25, 0.3) is 5.91 Å². The topological polar surface area (TPSA) is 137 Å². The van der Waals surface area contributed by atoms with Crippen LogP contribution < -0.4 is 15.4 Å². The molecule has 0 saturated heterocycles. The highest BCUT2D eigenvalue weighted by atomic mass is 32.1. The molecule has 3 heterocycles. The zero-order valence-corrected chi connectivity index (χ0v) is 21.8. The van der Waals surface area contributed by atoms with Crippen LogP contribution in [0.15, 0.2) is 48.8 Å². The van der Waals surface area contributed by atoms with Gasteiger partial charge in [0.2, 0.25) is 11.0 Å². The van der Waals surface area contributed by atoms with Crippen molar-refractivity contribution in [2.75, 3.05) is 5.32 Å². The molecule has 4 rings (SSSR count). The van der Waals surface area contributed by atoms with Gasteiger partial charge in [-0.25, -0.2) is 13.5 Å². The molecule has 0 bridgehead atoms. The SMILES string of the molecule is O=C(Cc1ccccn1)Nc1nnc(CC[C@@H](F)Cn2cc(C(=O)NCc3cc(OC(F)(F)F)ccc3F)nn2)s1. The first-order valence-corrected chi connectivity index (χ1v) is 12.7. The Labute approximate surface area is 232 Å². The molecule has 1 atom stereocenters. The molecule has 17 heteroatoms. The summed E-state index contributed by atoms with van der Waals surface area (Å²) in [7, 11) is 0. The number of ether oxygens (including phenoxy) is 1. The van der Waals surface area contributed by atoms with E-state index >= 15 is 0 Å². The molecule has 0 unspecified atom stereocenters. The van der Waals surface area contributed by atoms with Crippen LogP contribution in [0.3, 0.4) is 0 Å². The third kappa shape index (κ3) is 9.26. The summed E-state index contributed by atoms with van der Waals surface area (Å²) in [5.41, 5.74) is 0.154. The second-order valence-corrected chi connectivity index (χ2v) is 9.55. The Kier molecular flexibility index (Phi) is 9.49. The Morgan fingerprint density at radius 2 is 1.95 bits per heavy atom. The van der Waals surface area contributed by atoms with Crippen LogP contribution in [0.25, 0.3) is 0 Å². The first kappa shape index (κ1) is 29.4. The Balaban J connectivity index is 1.21. The maximum Gasteiger partial charge on any atom is 0.573 e. The number of nitrogens with zero attached hydrogens (tertiary/aromatic N) is 6. The van der Waals surface area contributed by atoms with Crippen LogP contribution in [0, 0.1) is 5.82 Å². The first-order chi connectivity index (χ1) is 19.5. The van der Waals surface area contributed by atoms with E-state index in [2.05, 4.69) is 40.9 Å². The van der Waals surface area contributed by atoms with Gasteiger partial charge in [-0.15, -0.1) is 28.5 Å². The fourth-order valence-corrected chi connectivity index (χ4v) is 4.22. The van der Waals surface area contributed by atoms with Gasteiger partial charge in [-0.2, -0.15) is 0 Å². The van der Waals surface area contributed by atoms with Gasteiger partial charge in [0.05, 0.1) is 19.2 Å². The predicted octanol–water partition coefficient (Wildman–Crippen LogP) is 3.64. The average Bonchev–Trinajstić information content (AvgIpc) is 3.57. The summed E-state index contributed by atoms with van der Waals surface area (Å²) in [6.45, 7) is -0.677. The molecule has 0 spiro atoms. The monoisotopic (exact) mass is 596 g/mol. The highest BCUT2D eigenvalue weighted by Gasteiger charge is 2.31. The van der Waals surface area contributed by atoms with Crippen molar-refractivity contribution in [3.05, 3.63) is 76.6 Å². The summed E-state index contributed by atoms with van der Waals surface area (Å²) in [5, 5.41) is 20.9. The van der Waals surface area contributed by atoms with Crippen molar-refractivity contribution >= 4 is 28.3 Å². The summed E-state index contributed by atoms with van der Waals surface area (Å²) in [6, 6.07) is 7.63. The standard InChI is InChI=1S/C24H21F5N8O3S/c25-15(4-7-21-34-35-23(41-21)32-20(38)10-16-3-1-2-8-30-16)12-37-13-19(33-36-37)22(39)31-11-14-9-17(5-6-18(14)26)40-24(27,28)29/h1-3,5-6,8-9,13,15H,4,7,10-12H2,(H,31,39)(H,32,35,38)/t15-/m1/s1. The molecular weight excluding hydrogens is 575 g/mol. The maximum atomic E-state index is 14.6. The van der Waals surface area contributed by atoms with Crippen molar-refractivity contribution in [1.29, 1.82) is 0 Å². The summed E-state index contributed by atoms with van der Waals surface area (Å²) in [5.74, 6) is -2.59. The number of carbonyl (C=O) groups excluding carboxylic acids is 2. The van der Waals surface area contributed by atoms with Crippen LogP contribution in [0.2, 0.25) is 0 Å². The van der Waals surface area contributed by atoms with E-state index in [0.717, 1.165) is 34.2 Å². The van der Waals surface area contributed by atoms with E-state index < -0.39 is 36.6 Å². The van der Waals surface area contributed by atoms with Crippen molar-refractivity contribution in [3.63, 3.8) is 0 Å². The first-order valence-electron chi connectivity index (χ1n) is 11.9. The minimum Gasteiger partial charge on any atom is -0.406 e. The maximum absolute atomic E-state index is 14.6. The number of amides is 2.